The van der Waals surface area contributed by atoms with Crippen LogP contribution >= 0.6 is 15.6 Å². The summed E-state index contributed by atoms with van der Waals surface area (Å²) >= 11 is 0. The predicted molar refractivity (Wildman–Crippen MR) is 363 cm³/mol. The number of aliphatic hydroxyl groups excluding tert-OH is 1. The lowest BCUT2D eigenvalue weighted by atomic mass is 9.99. The summed E-state index contributed by atoms with van der Waals surface area (Å²) in [4.78, 5) is 72.5. The first kappa shape index (κ1) is 88.1. The van der Waals surface area contributed by atoms with Crippen molar-refractivity contribution < 1.29 is 80.2 Å². The van der Waals surface area contributed by atoms with E-state index in [1.807, 2.05) is 0 Å². The Labute approximate surface area is 549 Å². The van der Waals surface area contributed by atoms with Gasteiger partial charge in [-0.2, -0.15) is 0 Å². The molecule has 3 unspecified atom stereocenters. The molecule has 3 N–H and O–H groups in total. The number of carbonyl (C=O) groups is 4. The summed E-state index contributed by atoms with van der Waals surface area (Å²) in [6, 6.07) is 0. The topological polar surface area (TPSA) is 237 Å². The number of unbranched alkanes of at least 4 members (excludes halogenated alkanes) is 39. The standard InChI is InChI=1S/C71H138O17P2/c1-7-10-12-14-16-18-24-29-37-43-49-55-70(75)87-66(59-81-68(73)53-47-41-35-28-19-17-15-13-11-8-2)61-85-89(77,78)83-57-65(72)58-84-90(79,80)86-62-67(60-82-69(74)54-48-42-36-32-31-33-39-45-51-63(4)5)88-71(76)56-50-44-38-30-26-23-21-20-22-25-27-34-40-46-52-64(6)9-3/h63-67,72H,7-62H2,1-6H3,(H,77,78)(H,79,80)/t64?,65-,66+,67+/m0/s1. The highest BCUT2D eigenvalue weighted by atomic mass is 31.2. The highest BCUT2D eigenvalue weighted by Crippen LogP contribution is 2.45. The normalized spacial score (nSPS) is 14.4. The van der Waals surface area contributed by atoms with Crippen molar-refractivity contribution in [3.63, 3.8) is 0 Å². The van der Waals surface area contributed by atoms with Gasteiger partial charge in [-0.25, -0.2) is 9.13 Å². The molecule has 0 aromatic carbocycles. The molecule has 0 fully saturated rings. The Hall–Kier alpha value is -1.94. The third-order valence-electron chi connectivity index (χ3n) is 16.8. The van der Waals surface area contributed by atoms with Gasteiger partial charge in [0.05, 0.1) is 26.4 Å². The molecule has 0 amide bonds. The molecular formula is C71H138O17P2. The van der Waals surface area contributed by atoms with Gasteiger partial charge >= 0.3 is 39.5 Å². The summed E-state index contributed by atoms with van der Waals surface area (Å²) in [6.07, 6.45) is 48.4. The van der Waals surface area contributed by atoms with Gasteiger partial charge in [-0.1, -0.05) is 311 Å². The van der Waals surface area contributed by atoms with Crippen LogP contribution in [0.2, 0.25) is 0 Å². The van der Waals surface area contributed by atoms with E-state index in [-0.39, 0.29) is 25.7 Å². The number of hydrogen-bond acceptors (Lipinski definition) is 15. The van der Waals surface area contributed by atoms with Gasteiger partial charge in [0, 0.05) is 25.7 Å². The summed E-state index contributed by atoms with van der Waals surface area (Å²) in [5.74, 6) is -0.551. The van der Waals surface area contributed by atoms with Crippen LogP contribution < -0.4 is 0 Å². The van der Waals surface area contributed by atoms with Crippen LogP contribution in [0.1, 0.15) is 363 Å². The van der Waals surface area contributed by atoms with E-state index < -0.39 is 97.5 Å². The van der Waals surface area contributed by atoms with Crippen molar-refractivity contribution in [3.05, 3.63) is 0 Å². The van der Waals surface area contributed by atoms with E-state index in [1.165, 1.54) is 180 Å². The van der Waals surface area contributed by atoms with Gasteiger partial charge in [-0.05, 0) is 37.5 Å². The van der Waals surface area contributed by atoms with Crippen molar-refractivity contribution in [1.82, 2.24) is 0 Å². The summed E-state index contributed by atoms with van der Waals surface area (Å²) in [5.41, 5.74) is 0. The monoisotopic (exact) mass is 1320 g/mol. The van der Waals surface area contributed by atoms with Crippen molar-refractivity contribution in [2.45, 2.75) is 381 Å². The van der Waals surface area contributed by atoms with Crippen LogP contribution in [-0.4, -0.2) is 96.7 Å². The lowest BCUT2D eigenvalue weighted by Gasteiger charge is -2.21. The van der Waals surface area contributed by atoms with Crippen LogP contribution in [0.4, 0.5) is 0 Å². The number of carbonyl (C=O) groups excluding carboxylic acids is 4. The number of aliphatic hydroxyl groups is 1. The van der Waals surface area contributed by atoms with E-state index in [0.29, 0.717) is 25.7 Å². The molecule has 17 nitrogen and oxygen atoms in total. The second-order valence-corrected chi connectivity index (χ2v) is 29.3. The molecular weight excluding hydrogens is 1190 g/mol. The average molecular weight is 1330 g/mol. The van der Waals surface area contributed by atoms with Crippen molar-refractivity contribution in [3.8, 4) is 0 Å². The fourth-order valence-corrected chi connectivity index (χ4v) is 12.3. The summed E-state index contributed by atoms with van der Waals surface area (Å²) in [6.45, 7) is 9.56. The Bertz CT molecular complexity index is 1750. The Kier molecular flexibility index (Phi) is 61.8. The maximum absolute atomic E-state index is 13.0. The van der Waals surface area contributed by atoms with Crippen LogP contribution in [0.25, 0.3) is 0 Å². The quantitative estimate of drug-likeness (QED) is 0.0222. The number of phosphoric ester groups is 2. The Morgan fingerprint density at radius 2 is 0.567 bits per heavy atom. The van der Waals surface area contributed by atoms with Gasteiger partial charge in [-0.15, -0.1) is 0 Å². The Morgan fingerprint density at radius 1 is 0.322 bits per heavy atom. The number of ether oxygens (including phenoxy) is 4. The largest absolute Gasteiger partial charge is 0.472 e. The third kappa shape index (κ3) is 63.5. The number of phosphoric acid groups is 2. The van der Waals surface area contributed by atoms with Gasteiger partial charge in [0.15, 0.2) is 12.2 Å². The van der Waals surface area contributed by atoms with Gasteiger partial charge in [0.1, 0.15) is 19.3 Å². The highest BCUT2D eigenvalue weighted by molar-refractivity contribution is 7.47. The molecule has 0 aliphatic rings. The van der Waals surface area contributed by atoms with Gasteiger partial charge in [0.25, 0.3) is 0 Å². The van der Waals surface area contributed by atoms with Crippen LogP contribution in [-0.2, 0) is 65.4 Å². The summed E-state index contributed by atoms with van der Waals surface area (Å²) < 4.78 is 68.3. The van der Waals surface area contributed by atoms with Crippen LogP contribution in [0, 0.1) is 11.8 Å². The molecule has 0 aromatic rings. The zero-order valence-corrected chi connectivity index (χ0v) is 60.2. The minimum atomic E-state index is -4.95. The molecule has 0 aliphatic heterocycles. The van der Waals surface area contributed by atoms with E-state index in [0.717, 1.165) is 102 Å². The van der Waals surface area contributed by atoms with Gasteiger partial charge in [0.2, 0.25) is 0 Å². The van der Waals surface area contributed by atoms with Gasteiger partial charge < -0.3 is 33.8 Å². The van der Waals surface area contributed by atoms with Crippen LogP contribution in [0.5, 0.6) is 0 Å². The first-order valence-electron chi connectivity index (χ1n) is 37.0. The molecule has 6 atom stereocenters. The summed E-state index contributed by atoms with van der Waals surface area (Å²) in [5, 5.41) is 10.6. The number of rotatable bonds is 70. The molecule has 19 heteroatoms. The average Bonchev–Trinajstić information content (AvgIpc) is 3.51. The fraction of sp³-hybridized carbons (Fsp3) is 0.944. The van der Waals surface area contributed by atoms with Crippen molar-refractivity contribution in [1.29, 1.82) is 0 Å². The number of hydrogen-bond donors (Lipinski definition) is 3. The third-order valence-corrected chi connectivity index (χ3v) is 18.7. The summed E-state index contributed by atoms with van der Waals surface area (Å²) in [7, 11) is -9.90. The molecule has 0 bridgehead atoms. The van der Waals surface area contributed by atoms with E-state index in [9.17, 15) is 43.2 Å². The zero-order valence-electron chi connectivity index (χ0n) is 58.4. The second kappa shape index (κ2) is 63.1. The maximum Gasteiger partial charge on any atom is 0.472 e. The lowest BCUT2D eigenvalue weighted by Crippen LogP contribution is -2.30. The molecule has 0 aliphatic carbocycles. The fourth-order valence-electron chi connectivity index (χ4n) is 10.7. The van der Waals surface area contributed by atoms with Crippen molar-refractivity contribution in [2.24, 2.45) is 11.8 Å². The minimum Gasteiger partial charge on any atom is -0.462 e. The SMILES string of the molecule is CCCCCCCCCCCCCC(=O)O[C@H](COC(=O)CCCCCCCCCCCC)COP(=O)(O)OC[C@H](O)COP(=O)(O)OC[C@@H](COC(=O)CCCCCCCCCCC(C)C)OC(=O)CCCCCCCCCCCCCCCCC(C)CC. The highest BCUT2D eigenvalue weighted by Gasteiger charge is 2.30. The molecule has 0 radical (unpaired) electrons. The van der Waals surface area contributed by atoms with E-state index in [2.05, 4.69) is 41.5 Å². The molecule has 0 heterocycles. The number of esters is 4. The van der Waals surface area contributed by atoms with Crippen molar-refractivity contribution >= 4 is 39.5 Å². The van der Waals surface area contributed by atoms with E-state index >= 15 is 0 Å². The Balaban J connectivity index is 5.22. The molecule has 0 aromatic heterocycles. The first-order valence-corrected chi connectivity index (χ1v) is 40.0. The van der Waals surface area contributed by atoms with Crippen LogP contribution in [0.3, 0.4) is 0 Å². The van der Waals surface area contributed by atoms with Crippen molar-refractivity contribution in [2.75, 3.05) is 39.6 Å². The lowest BCUT2D eigenvalue weighted by molar-refractivity contribution is -0.161. The predicted octanol–water partition coefficient (Wildman–Crippen LogP) is 20.4. The zero-order chi connectivity index (χ0) is 66.5. The molecule has 0 spiro atoms. The first-order chi connectivity index (χ1) is 43.4. The molecule has 0 rings (SSSR count). The smallest absolute Gasteiger partial charge is 0.462 e. The molecule has 0 saturated heterocycles. The minimum absolute atomic E-state index is 0.107. The van der Waals surface area contributed by atoms with E-state index in [4.69, 9.17) is 37.0 Å². The second-order valence-electron chi connectivity index (χ2n) is 26.3. The molecule has 0 saturated carbocycles. The van der Waals surface area contributed by atoms with Crippen LogP contribution in [0.15, 0.2) is 0 Å². The molecule has 90 heavy (non-hydrogen) atoms. The van der Waals surface area contributed by atoms with Gasteiger partial charge in [-0.3, -0.25) is 37.3 Å². The Morgan fingerprint density at radius 3 is 0.844 bits per heavy atom. The maximum atomic E-state index is 13.0. The molecule has 534 valence electrons. The van der Waals surface area contributed by atoms with E-state index in [1.54, 1.807) is 0 Å².